The molecule has 2 rings (SSSR count). The van der Waals surface area contributed by atoms with Crippen LogP contribution in [0, 0.1) is 6.92 Å². The summed E-state index contributed by atoms with van der Waals surface area (Å²) >= 11 is 0. The number of hydrogen-bond acceptors (Lipinski definition) is 2. The number of halogens is 2. The Morgan fingerprint density at radius 3 is 2.47 bits per heavy atom. The van der Waals surface area contributed by atoms with E-state index in [1.165, 1.54) is 0 Å². The van der Waals surface area contributed by atoms with Crippen LogP contribution in [0.15, 0.2) is 18.3 Å². The number of alkyl halides is 2. The third kappa shape index (κ3) is 2.43. The molecule has 1 aromatic heterocycles. The molecule has 1 aromatic rings. The Morgan fingerprint density at radius 1 is 1.27 bits per heavy atom. The van der Waals surface area contributed by atoms with Gasteiger partial charge in [0.25, 0.3) is 5.92 Å². The summed E-state index contributed by atoms with van der Waals surface area (Å²) in [5.41, 5.74) is 1.08. The first kappa shape index (κ1) is 10.3. The van der Waals surface area contributed by atoms with Crippen molar-refractivity contribution in [2.45, 2.75) is 25.7 Å². The fourth-order valence-corrected chi connectivity index (χ4v) is 1.71. The summed E-state index contributed by atoms with van der Waals surface area (Å²) < 4.78 is 25.8. The van der Waals surface area contributed by atoms with Gasteiger partial charge >= 0.3 is 0 Å². The van der Waals surface area contributed by atoms with Crippen LogP contribution in [-0.2, 0) is 0 Å². The van der Waals surface area contributed by atoms with Gasteiger partial charge in [-0.25, -0.2) is 13.8 Å². The number of piperidine rings is 1. The number of hydrogen-bond donors (Lipinski definition) is 0. The SMILES string of the molecule is Cc1ccc(N2CCC(F)(F)CC2)nc1. The van der Waals surface area contributed by atoms with Gasteiger partial charge in [0.1, 0.15) is 5.82 Å². The number of pyridine rings is 1. The lowest BCUT2D eigenvalue weighted by atomic mass is 10.1. The van der Waals surface area contributed by atoms with Crippen LogP contribution >= 0.6 is 0 Å². The molecule has 1 fully saturated rings. The zero-order valence-electron chi connectivity index (χ0n) is 8.71. The van der Waals surface area contributed by atoms with E-state index in [1.54, 1.807) is 6.20 Å². The summed E-state index contributed by atoms with van der Waals surface area (Å²) in [4.78, 5) is 6.14. The van der Waals surface area contributed by atoms with Crippen molar-refractivity contribution in [3.8, 4) is 0 Å². The van der Waals surface area contributed by atoms with Crippen LogP contribution in [0.5, 0.6) is 0 Å². The molecule has 1 aliphatic rings. The van der Waals surface area contributed by atoms with Crippen LogP contribution in [0.1, 0.15) is 18.4 Å². The number of anilines is 1. The molecule has 0 aromatic carbocycles. The van der Waals surface area contributed by atoms with Crippen molar-refractivity contribution in [3.05, 3.63) is 23.9 Å². The molecular weight excluding hydrogens is 198 g/mol. The average Bonchev–Trinajstić information content (AvgIpc) is 2.20. The monoisotopic (exact) mass is 212 g/mol. The van der Waals surface area contributed by atoms with Gasteiger partial charge < -0.3 is 4.90 Å². The van der Waals surface area contributed by atoms with Crippen molar-refractivity contribution < 1.29 is 8.78 Å². The summed E-state index contributed by atoms with van der Waals surface area (Å²) in [6.45, 7) is 2.74. The third-order valence-corrected chi connectivity index (χ3v) is 2.71. The largest absolute Gasteiger partial charge is 0.356 e. The first-order chi connectivity index (χ1) is 7.07. The predicted octanol–water partition coefficient (Wildman–Crippen LogP) is 2.63. The standard InChI is InChI=1S/C11H14F2N2/c1-9-2-3-10(14-8-9)15-6-4-11(12,13)5-7-15/h2-3,8H,4-7H2,1H3. The number of rotatable bonds is 1. The minimum absolute atomic E-state index is 0.0669. The van der Waals surface area contributed by atoms with Gasteiger partial charge in [0.15, 0.2) is 0 Å². The lowest BCUT2D eigenvalue weighted by Gasteiger charge is -2.32. The molecular formula is C11H14F2N2. The van der Waals surface area contributed by atoms with Crippen molar-refractivity contribution in [2.24, 2.45) is 0 Å². The van der Waals surface area contributed by atoms with Crippen LogP contribution in [-0.4, -0.2) is 24.0 Å². The van der Waals surface area contributed by atoms with Gasteiger partial charge in [0, 0.05) is 32.1 Å². The van der Waals surface area contributed by atoms with E-state index >= 15 is 0 Å². The molecule has 1 saturated heterocycles. The Balaban J connectivity index is 2.04. The maximum absolute atomic E-state index is 12.9. The van der Waals surface area contributed by atoms with E-state index in [0.717, 1.165) is 11.4 Å². The molecule has 0 saturated carbocycles. The van der Waals surface area contributed by atoms with Crippen molar-refractivity contribution in [1.82, 2.24) is 4.98 Å². The Kier molecular flexibility index (Phi) is 2.59. The first-order valence-electron chi connectivity index (χ1n) is 5.12. The summed E-state index contributed by atoms with van der Waals surface area (Å²) in [5.74, 6) is -1.68. The van der Waals surface area contributed by atoms with Gasteiger partial charge in [-0.3, -0.25) is 0 Å². The molecule has 0 aliphatic carbocycles. The zero-order chi connectivity index (χ0) is 10.9. The summed E-state index contributed by atoms with van der Waals surface area (Å²) in [7, 11) is 0. The van der Waals surface area contributed by atoms with Crippen molar-refractivity contribution >= 4 is 5.82 Å². The highest BCUT2D eigenvalue weighted by Crippen LogP contribution is 2.29. The number of aryl methyl sites for hydroxylation is 1. The van der Waals surface area contributed by atoms with E-state index in [9.17, 15) is 8.78 Å². The van der Waals surface area contributed by atoms with Gasteiger partial charge in [-0.05, 0) is 18.6 Å². The first-order valence-corrected chi connectivity index (χ1v) is 5.12. The molecule has 0 spiro atoms. The molecule has 0 unspecified atom stereocenters. The zero-order valence-corrected chi connectivity index (χ0v) is 8.71. The minimum Gasteiger partial charge on any atom is -0.356 e. The highest BCUT2D eigenvalue weighted by atomic mass is 19.3. The van der Waals surface area contributed by atoms with E-state index in [-0.39, 0.29) is 12.8 Å². The van der Waals surface area contributed by atoms with Gasteiger partial charge in [-0.2, -0.15) is 0 Å². The van der Waals surface area contributed by atoms with E-state index < -0.39 is 5.92 Å². The highest BCUT2D eigenvalue weighted by Gasteiger charge is 2.34. The summed E-state index contributed by atoms with van der Waals surface area (Å²) in [6.07, 6.45) is 1.63. The molecule has 4 heteroatoms. The molecule has 82 valence electrons. The Morgan fingerprint density at radius 2 is 1.93 bits per heavy atom. The van der Waals surface area contributed by atoms with Crippen LogP contribution in [0.4, 0.5) is 14.6 Å². The quantitative estimate of drug-likeness (QED) is 0.711. The number of aromatic nitrogens is 1. The van der Waals surface area contributed by atoms with E-state index in [2.05, 4.69) is 4.98 Å². The molecule has 0 radical (unpaired) electrons. The molecule has 0 bridgehead atoms. The van der Waals surface area contributed by atoms with E-state index in [0.29, 0.717) is 13.1 Å². The molecule has 0 N–H and O–H groups in total. The smallest absolute Gasteiger partial charge is 0.251 e. The van der Waals surface area contributed by atoms with Gasteiger partial charge in [-0.15, -0.1) is 0 Å². The summed E-state index contributed by atoms with van der Waals surface area (Å²) in [6, 6.07) is 3.84. The topological polar surface area (TPSA) is 16.1 Å². The normalized spacial score (nSPS) is 20.3. The van der Waals surface area contributed by atoms with E-state index in [4.69, 9.17) is 0 Å². The van der Waals surface area contributed by atoms with E-state index in [1.807, 2.05) is 24.0 Å². The third-order valence-electron chi connectivity index (χ3n) is 2.71. The molecule has 2 nitrogen and oxygen atoms in total. The second kappa shape index (κ2) is 3.76. The summed E-state index contributed by atoms with van der Waals surface area (Å²) in [5, 5.41) is 0. The predicted molar refractivity (Wildman–Crippen MR) is 55.4 cm³/mol. The average molecular weight is 212 g/mol. The van der Waals surface area contributed by atoms with Crippen molar-refractivity contribution in [3.63, 3.8) is 0 Å². The molecule has 1 aliphatic heterocycles. The van der Waals surface area contributed by atoms with Gasteiger partial charge in [0.05, 0.1) is 0 Å². The Hall–Kier alpha value is -1.19. The Bertz CT molecular complexity index is 325. The fourth-order valence-electron chi connectivity index (χ4n) is 1.71. The lowest BCUT2D eigenvalue weighted by molar-refractivity contribution is -0.0221. The Labute approximate surface area is 87.9 Å². The minimum atomic E-state index is -2.48. The number of nitrogens with zero attached hydrogens (tertiary/aromatic N) is 2. The highest BCUT2D eigenvalue weighted by molar-refractivity contribution is 5.39. The van der Waals surface area contributed by atoms with Crippen molar-refractivity contribution in [1.29, 1.82) is 0 Å². The molecule has 2 heterocycles. The maximum atomic E-state index is 12.9. The van der Waals surface area contributed by atoms with Crippen LogP contribution in [0.2, 0.25) is 0 Å². The van der Waals surface area contributed by atoms with Crippen molar-refractivity contribution in [2.75, 3.05) is 18.0 Å². The maximum Gasteiger partial charge on any atom is 0.251 e. The fraction of sp³-hybridized carbons (Fsp3) is 0.545. The second-order valence-corrected chi connectivity index (χ2v) is 4.04. The lowest BCUT2D eigenvalue weighted by Crippen LogP contribution is -2.39. The van der Waals surface area contributed by atoms with Gasteiger partial charge in [0.2, 0.25) is 0 Å². The second-order valence-electron chi connectivity index (χ2n) is 4.04. The molecule has 0 atom stereocenters. The molecule has 0 amide bonds. The van der Waals surface area contributed by atoms with Crippen LogP contribution < -0.4 is 4.90 Å². The van der Waals surface area contributed by atoms with Crippen LogP contribution in [0.25, 0.3) is 0 Å². The molecule has 15 heavy (non-hydrogen) atoms. The van der Waals surface area contributed by atoms with Gasteiger partial charge in [-0.1, -0.05) is 6.07 Å². The van der Waals surface area contributed by atoms with Crippen LogP contribution in [0.3, 0.4) is 0 Å².